The lowest BCUT2D eigenvalue weighted by atomic mass is 10.1. The number of imide groups is 1. The van der Waals surface area contributed by atoms with E-state index in [2.05, 4.69) is 16.9 Å². The van der Waals surface area contributed by atoms with Gasteiger partial charge in [0, 0.05) is 26.5 Å². The third-order valence-electron chi connectivity index (χ3n) is 3.31. The number of nitrogens with zero attached hydrogens (tertiary/aromatic N) is 3. The number of thioether (sulfide) groups is 1. The van der Waals surface area contributed by atoms with Crippen LogP contribution in [0.5, 0.6) is 0 Å². The molecule has 0 radical (unpaired) electrons. The van der Waals surface area contributed by atoms with Crippen molar-refractivity contribution < 1.29 is 14.3 Å². The Morgan fingerprint density at radius 3 is 2.86 bits per heavy atom. The van der Waals surface area contributed by atoms with Crippen LogP contribution in [0, 0.1) is 0 Å². The number of likely N-dealkylation sites (N-methyl/N-ethyl adjacent to an activating group) is 1. The van der Waals surface area contributed by atoms with Gasteiger partial charge in [-0.2, -0.15) is 0 Å². The molecule has 2 unspecified atom stereocenters. The van der Waals surface area contributed by atoms with Gasteiger partial charge in [0.2, 0.25) is 0 Å². The Bertz CT molecular complexity index is 494. The van der Waals surface area contributed by atoms with E-state index in [0.717, 1.165) is 16.5 Å². The predicted octanol–water partition coefficient (Wildman–Crippen LogP) is 0.490. The zero-order valence-electron chi connectivity index (χ0n) is 12.5. The number of carbonyl (C=O) groups excluding carboxylic acids is 2. The lowest BCUT2D eigenvalue weighted by Crippen LogP contribution is -2.63. The Kier molecular flexibility index (Phi) is 4.89. The van der Waals surface area contributed by atoms with Crippen molar-refractivity contribution in [1.29, 1.82) is 0 Å². The molecule has 2 aliphatic rings. The topological polar surface area (TPSA) is 74.2 Å². The van der Waals surface area contributed by atoms with Crippen molar-refractivity contribution in [3.8, 4) is 0 Å². The van der Waals surface area contributed by atoms with Gasteiger partial charge in [0.25, 0.3) is 5.91 Å². The first-order valence-electron chi connectivity index (χ1n) is 6.64. The summed E-state index contributed by atoms with van der Waals surface area (Å²) in [6.45, 7) is 6.85. The smallest absolute Gasteiger partial charge is 0.325 e. The van der Waals surface area contributed by atoms with Gasteiger partial charge in [0.1, 0.15) is 0 Å². The molecule has 0 aromatic rings. The zero-order chi connectivity index (χ0) is 15.6. The quantitative estimate of drug-likeness (QED) is 0.748. The van der Waals surface area contributed by atoms with E-state index < -0.39 is 18.2 Å². The van der Waals surface area contributed by atoms with E-state index in [-0.39, 0.29) is 5.91 Å². The van der Waals surface area contributed by atoms with E-state index in [1.807, 2.05) is 11.8 Å². The van der Waals surface area contributed by atoms with Crippen LogP contribution in [0.4, 0.5) is 4.79 Å². The Labute approximate surface area is 128 Å². The molecule has 1 N–H and O–H groups in total. The predicted molar refractivity (Wildman–Crippen MR) is 82.2 cm³/mol. The number of ether oxygens (including phenoxy) is 1. The molecule has 0 aliphatic carbocycles. The molecule has 2 rings (SSSR count). The maximum Gasteiger partial charge on any atom is 0.325 e. The van der Waals surface area contributed by atoms with Crippen molar-refractivity contribution in [2.45, 2.75) is 19.1 Å². The summed E-state index contributed by atoms with van der Waals surface area (Å²) in [6, 6.07) is -0.904. The number of urea groups is 1. The van der Waals surface area contributed by atoms with Gasteiger partial charge in [-0.05, 0) is 6.92 Å². The molecule has 0 aromatic carbocycles. The van der Waals surface area contributed by atoms with Crippen LogP contribution in [0.3, 0.4) is 0 Å². The van der Waals surface area contributed by atoms with Crippen LogP contribution in [0.25, 0.3) is 0 Å². The number of rotatable bonds is 5. The van der Waals surface area contributed by atoms with Crippen LogP contribution in [0.15, 0.2) is 17.1 Å². The summed E-state index contributed by atoms with van der Waals surface area (Å²) in [5, 5.41) is 3.11. The number of amidine groups is 1. The van der Waals surface area contributed by atoms with Crippen molar-refractivity contribution in [2.24, 2.45) is 4.99 Å². The van der Waals surface area contributed by atoms with Crippen LogP contribution >= 0.6 is 11.8 Å². The maximum atomic E-state index is 12.1. The molecular formula is C13H20N4O3S. The largest absolute Gasteiger partial charge is 0.383 e. The third kappa shape index (κ3) is 3.21. The first-order chi connectivity index (χ1) is 9.95. The summed E-state index contributed by atoms with van der Waals surface area (Å²) in [5.74, 6) is 0.412. The average molecular weight is 312 g/mol. The van der Waals surface area contributed by atoms with Gasteiger partial charge in [-0.1, -0.05) is 23.9 Å². The van der Waals surface area contributed by atoms with Crippen LogP contribution in [0.2, 0.25) is 0 Å². The molecule has 21 heavy (non-hydrogen) atoms. The SMILES string of the molecule is C=C(C)CSC1=NC2C(C(=O)NC(=O)N2C)N1CCOC. The number of hydrogen-bond donors (Lipinski definition) is 1. The zero-order valence-corrected chi connectivity index (χ0v) is 13.3. The van der Waals surface area contributed by atoms with Gasteiger partial charge in [0.15, 0.2) is 17.4 Å². The Morgan fingerprint density at radius 1 is 1.52 bits per heavy atom. The van der Waals surface area contributed by atoms with Crippen molar-refractivity contribution in [2.75, 3.05) is 33.1 Å². The number of hydrogen-bond acceptors (Lipinski definition) is 6. The number of carbonyl (C=O) groups is 2. The van der Waals surface area contributed by atoms with Gasteiger partial charge in [-0.25, -0.2) is 9.79 Å². The summed E-state index contributed by atoms with van der Waals surface area (Å²) in [6.07, 6.45) is -0.476. The summed E-state index contributed by atoms with van der Waals surface area (Å²) >= 11 is 1.52. The molecule has 8 heteroatoms. The van der Waals surface area contributed by atoms with E-state index in [1.165, 1.54) is 16.7 Å². The van der Waals surface area contributed by atoms with E-state index in [0.29, 0.717) is 13.2 Å². The Morgan fingerprint density at radius 2 is 2.24 bits per heavy atom. The van der Waals surface area contributed by atoms with Gasteiger partial charge >= 0.3 is 6.03 Å². The lowest BCUT2D eigenvalue weighted by Gasteiger charge is -2.36. The summed E-state index contributed by atoms with van der Waals surface area (Å²) in [7, 11) is 3.26. The van der Waals surface area contributed by atoms with Gasteiger partial charge in [-0.3, -0.25) is 10.1 Å². The molecule has 0 spiro atoms. The standard InChI is InChI=1S/C13H20N4O3S/c1-8(2)7-21-13-14-10-9(17(13)5-6-20-4)11(18)15-12(19)16(10)3/h9-10H,1,5-7H2,2-4H3,(H,15,18,19). The summed E-state index contributed by atoms with van der Waals surface area (Å²) in [5.41, 5.74) is 1.03. The average Bonchev–Trinajstić information content (AvgIpc) is 2.79. The fourth-order valence-electron chi connectivity index (χ4n) is 2.23. The lowest BCUT2D eigenvalue weighted by molar-refractivity contribution is -0.127. The highest BCUT2D eigenvalue weighted by molar-refractivity contribution is 8.13. The van der Waals surface area contributed by atoms with Gasteiger partial charge in [-0.15, -0.1) is 0 Å². The minimum atomic E-state index is -0.490. The normalized spacial score (nSPS) is 24.8. The molecule has 0 aromatic heterocycles. The van der Waals surface area contributed by atoms with E-state index in [1.54, 1.807) is 14.2 Å². The summed E-state index contributed by atoms with van der Waals surface area (Å²) in [4.78, 5) is 31.8. The van der Waals surface area contributed by atoms with Crippen LogP contribution in [-0.4, -0.2) is 72.2 Å². The van der Waals surface area contributed by atoms with E-state index in [4.69, 9.17) is 4.74 Å². The first kappa shape index (κ1) is 15.8. The van der Waals surface area contributed by atoms with Gasteiger partial charge in [0.05, 0.1) is 6.61 Å². The van der Waals surface area contributed by atoms with Crippen LogP contribution in [-0.2, 0) is 9.53 Å². The minimum absolute atomic E-state index is 0.311. The molecule has 1 fully saturated rings. The molecule has 1 saturated heterocycles. The molecule has 2 heterocycles. The Hall–Kier alpha value is -1.54. The molecule has 2 aliphatic heterocycles. The van der Waals surface area contributed by atoms with E-state index >= 15 is 0 Å². The summed E-state index contributed by atoms with van der Waals surface area (Å²) < 4.78 is 5.10. The maximum absolute atomic E-state index is 12.1. The van der Waals surface area contributed by atoms with Crippen molar-refractivity contribution >= 4 is 28.9 Å². The minimum Gasteiger partial charge on any atom is -0.383 e. The number of fused-ring (bicyclic) bond motifs is 1. The molecule has 0 bridgehead atoms. The van der Waals surface area contributed by atoms with Gasteiger partial charge < -0.3 is 14.5 Å². The van der Waals surface area contributed by atoms with E-state index in [9.17, 15) is 9.59 Å². The van der Waals surface area contributed by atoms with Crippen molar-refractivity contribution in [3.63, 3.8) is 0 Å². The second-order valence-electron chi connectivity index (χ2n) is 5.11. The number of methoxy groups -OCH3 is 1. The highest BCUT2D eigenvalue weighted by atomic mass is 32.2. The number of nitrogens with one attached hydrogen (secondary N) is 1. The molecule has 116 valence electrons. The molecule has 2 atom stereocenters. The molecule has 7 nitrogen and oxygen atoms in total. The highest BCUT2D eigenvalue weighted by Gasteiger charge is 2.48. The fraction of sp³-hybridized carbons (Fsp3) is 0.615. The van der Waals surface area contributed by atoms with Crippen LogP contribution in [0.1, 0.15) is 6.92 Å². The highest BCUT2D eigenvalue weighted by Crippen LogP contribution is 2.28. The second-order valence-corrected chi connectivity index (χ2v) is 6.05. The van der Waals surface area contributed by atoms with Crippen LogP contribution < -0.4 is 5.32 Å². The molecule has 0 saturated carbocycles. The first-order valence-corrected chi connectivity index (χ1v) is 7.62. The Balaban J connectivity index is 2.22. The third-order valence-corrected chi connectivity index (χ3v) is 4.54. The number of aliphatic imine (C=N–C) groups is 1. The number of amides is 3. The molecule has 3 amide bonds. The van der Waals surface area contributed by atoms with Crippen molar-refractivity contribution in [3.05, 3.63) is 12.2 Å². The fourth-order valence-corrected chi connectivity index (χ4v) is 3.16. The second kappa shape index (κ2) is 6.48. The monoisotopic (exact) mass is 312 g/mol. The molecular weight excluding hydrogens is 292 g/mol. The van der Waals surface area contributed by atoms with Crippen molar-refractivity contribution in [1.82, 2.24) is 15.1 Å².